The average molecular weight is 236 g/mol. The third-order valence-electron chi connectivity index (χ3n) is 2.97. The lowest BCUT2D eigenvalue weighted by Crippen LogP contribution is -2.26. The van der Waals surface area contributed by atoms with Crippen molar-refractivity contribution in [3.8, 4) is 0 Å². The summed E-state index contributed by atoms with van der Waals surface area (Å²) < 4.78 is 14.1. The van der Waals surface area contributed by atoms with Crippen LogP contribution in [0.1, 0.15) is 30.3 Å². The summed E-state index contributed by atoms with van der Waals surface area (Å²) in [5, 5.41) is 4.56. The van der Waals surface area contributed by atoms with E-state index in [-0.39, 0.29) is 5.82 Å². The van der Waals surface area contributed by atoms with Gasteiger partial charge in [0, 0.05) is 6.07 Å². The lowest BCUT2D eigenvalue weighted by Gasteiger charge is -2.20. The molecule has 1 aliphatic heterocycles. The molecule has 0 saturated carbocycles. The summed E-state index contributed by atoms with van der Waals surface area (Å²) in [5.41, 5.74) is 0.785. The Balaban J connectivity index is 1.97. The van der Waals surface area contributed by atoms with Gasteiger partial charge in [-0.3, -0.25) is 0 Å². The Kier molecular flexibility index (Phi) is 2.61. The number of nitrogens with zero attached hydrogens (tertiary/aromatic N) is 1. The summed E-state index contributed by atoms with van der Waals surface area (Å²) >= 11 is 1.67. The van der Waals surface area contributed by atoms with Gasteiger partial charge in [-0.15, -0.1) is 11.3 Å². The van der Waals surface area contributed by atoms with Crippen molar-refractivity contribution in [2.45, 2.75) is 25.3 Å². The highest BCUT2D eigenvalue weighted by Gasteiger charge is 2.18. The number of nitrogens with one attached hydrogen (secondary N) is 1. The van der Waals surface area contributed by atoms with Gasteiger partial charge in [-0.2, -0.15) is 0 Å². The van der Waals surface area contributed by atoms with E-state index >= 15 is 0 Å². The van der Waals surface area contributed by atoms with E-state index in [1.165, 1.54) is 25.0 Å². The first kappa shape index (κ1) is 10.2. The summed E-state index contributed by atoms with van der Waals surface area (Å²) in [6, 6.07) is 5.19. The second-order valence-electron chi connectivity index (χ2n) is 4.17. The zero-order valence-corrected chi connectivity index (χ0v) is 9.69. The Morgan fingerprint density at radius 3 is 3.12 bits per heavy atom. The van der Waals surface area contributed by atoms with Crippen molar-refractivity contribution in [2.75, 3.05) is 6.54 Å². The fourth-order valence-electron chi connectivity index (χ4n) is 2.13. The predicted octanol–water partition coefficient (Wildman–Crippen LogP) is 3.25. The first-order valence-corrected chi connectivity index (χ1v) is 6.44. The van der Waals surface area contributed by atoms with Crippen LogP contribution in [-0.4, -0.2) is 11.5 Å². The van der Waals surface area contributed by atoms with Gasteiger partial charge in [0.1, 0.15) is 10.8 Å². The summed E-state index contributed by atoms with van der Waals surface area (Å²) in [7, 11) is 0. The molecule has 3 rings (SSSR count). The minimum atomic E-state index is -0.207. The molecular formula is C12H13FN2S. The average Bonchev–Trinajstić information content (AvgIpc) is 2.73. The highest BCUT2D eigenvalue weighted by atomic mass is 32.1. The van der Waals surface area contributed by atoms with Crippen LogP contribution in [0, 0.1) is 5.82 Å². The number of thiazole rings is 1. The van der Waals surface area contributed by atoms with Gasteiger partial charge in [-0.1, -0.05) is 6.42 Å². The van der Waals surface area contributed by atoms with Crippen LogP contribution in [0.5, 0.6) is 0 Å². The van der Waals surface area contributed by atoms with E-state index in [1.807, 2.05) is 6.07 Å². The molecule has 1 unspecified atom stereocenters. The second-order valence-corrected chi connectivity index (χ2v) is 5.23. The zero-order chi connectivity index (χ0) is 11.0. The molecule has 0 spiro atoms. The van der Waals surface area contributed by atoms with Crippen molar-refractivity contribution in [2.24, 2.45) is 0 Å². The van der Waals surface area contributed by atoms with Crippen LogP contribution >= 0.6 is 11.3 Å². The topological polar surface area (TPSA) is 24.9 Å². The van der Waals surface area contributed by atoms with E-state index in [2.05, 4.69) is 10.3 Å². The van der Waals surface area contributed by atoms with Crippen LogP contribution in [0.25, 0.3) is 10.2 Å². The maximum atomic E-state index is 13.0. The van der Waals surface area contributed by atoms with Crippen molar-refractivity contribution in [1.29, 1.82) is 0 Å². The molecule has 16 heavy (non-hydrogen) atoms. The van der Waals surface area contributed by atoms with E-state index in [0.717, 1.165) is 28.2 Å². The molecule has 0 bridgehead atoms. The lowest BCUT2D eigenvalue weighted by atomic mass is 10.1. The van der Waals surface area contributed by atoms with E-state index in [1.54, 1.807) is 11.3 Å². The molecule has 1 aromatic heterocycles. The Labute approximate surface area is 97.5 Å². The standard InChI is InChI=1S/C12H13FN2S/c13-8-4-5-11-10(7-8)15-12(16-11)9-3-1-2-6-14-9/h4-5,7,9,14H,1-3,6H2. The lowest BCUT2D eigenvalue weighted by molar-refractivity contribution is 0.411. The van der Waals surface area contributed by atoms with Gasteiger partial charge >= 0.3 is 0 Å². The minimum Gasteiger partial charge on any atom is -0.308 e. The molecule has 0 amide bonds. The fourth-order valence-corrected chi connectivity index (χ4v) is 3.19. The molecule has 0 aliphatic carbocycles. The molecule has 1 fully saturated rings. The van der Waals surface area contributed by atoms with E-state index in [0.29, 0.717) is 6.04 Å². The number of rotatable bonds is 1. The zero-order valence-electron chi connectivity index (χ0n) is 8.87. The smallest absolute Gasteiger partial charge is 0.125 e. The molecule has 4 heteroatoms. The Morgan fingerprint density at radius 2 is 2.31 bits per heavy atom. The largest absolute Gasteiger partial charge is 0.308 e. The first-order valence-electron chi connectivity index (χ1n) is 5.62. The molecule has 1 aromatic carbocycles. The number of benzene rings is 1. The number of hydrogen-bond acceptors (Lipinski definition) is 3. The number of fused-ring (bicyclic) bond motifs is 1. The molecule has 2 nitrogen and oxygen atoms in total. The molecule has 1 saturated heterocycles. The van der Waals surface area contributed by atoms with Gasteiger partial charge in [0.05, 0.1) is 16.3 Å². The summed E-state index contributed by atoms with van der Waals surface area (Å²) in [4.78, 5) is 4.51. The Morgan fingerprint density at radius 1 is 1.38 bits per heavy atom. The maximum Gasteiger partial charge on any atom is 0.125 e. The van der Waals surface area contributed by atoms with Crippen LogP contribution in [0.15, 0.2) is 18.2 Å². The SMILES string of the molecule is Fc1ccc2sc(C3CCCCN3)nc2c1. The number of hydrogen-bond donors (Lipinski definition) is 1. The number of aromatic nitrogens is 1. The second kappa shape index (κ2) is 4.11. The van der Waals surface area contributed by atoms with Crippen LogP contribution in [0.2, 0.25) is 0 Å². The van der Waals surface area contributed by atoms with Crippen molar-refractivity contribution in [3.63, 3.8) is 0 Å². The quantitative estimate of drug-likeness (QED) is 0.822. The highest BCUT2D eigenvalue weighted by Crippen LogP contribution is 2.30. The van der Waals surface area contributed by atoms with E-state index in [4.69, 9.17) is 0 Å². The molecule has 1 N–H and O–H groups in total. The summed E-state index contributed by atoms with van der Waals surface area (Å²) in [5.74, 6) is -0.207. The predicted molar refractivity (Wildman–Crippen MR) is 64.2 cm³/mol. The Bertz CT molecular complexity index is 503. The van der Waals surface area contributed by atoms with E-state index < -0.39 is 0 Å². The first-order chi connectivity index (χ1) is 7.83. The van der Waals surface area contributed by atoms with Crippen LogP contribution in [0.4, 0.5) is 4.39 Å². The number of halogens is 1. The maximum absolute atomic E-state index is 13.0. The van der Waals surface area contributed by atoms with E-state index in [9.17, 15) is 4.39 Å². The fraction of sp³-hybridized carbons (Fsp3) is 0.417. The van der Waals surface area contributed by atoms with Gasteiger partial charge in [-0.05, 0) is 31.5 Å². The van der Waals surface area contributed by atoms with Crippen LogP contribution in [-0.2, 0) is 0 Å². The van der Waals surface area contributed by atoms with Gasteiger partial charge in [0.2, 0.25) is 0 Å². The van der Waals surface area contributed by atoms with Crippen molar-refractivity contribution in [3.05, 3.63) is 29.0 Å². The molecule has 2 heterocycles. The van der Waals surface area contributed by atoms with Crippen molar-refractivity contribution >= 4 is 21.6 Å². The van der Waals surface area contributed by atoms with Gasteiger partial charge in [0.15, 0.2) is 0 Å². The van der Waals surface area contributed by atoms with Gasteiger partial charge in [-0.25, -0.2) is 9.37 Å². The van der Waals surface area contributed by atoms with Gasteiger partial charge < -0.3 is 5.32 Å². The molecule has 1 aliphatic rings. The van der Waals surface area contributed by atoms with Gasteiger partial charge in [0.25, 0.3) is 0 Å². The highest BCUT2D eigenvalue weighted by molar-refractivity contribution is 7.18. The Hall–Kier alpha value is -1.00. The normalized spacial score (nSPS) is 21.4. The summed E-state index contributed by atoms with van der Waals surface area (Å²) in [6.07, 6.45) is 3.64. The summed E-state index contributed by atoms with van der Waals surface area (Å²) in [6.45, 7) is 1.06. The third kappa shape index (κ3) is 1.83. The molecule has 0 radical (unpaired) electrons. The monoisotopic (exact) mass is 236 g/mol. The minimum absolute atomic E-state index is 0.207. The van der Waals surface area contributed by atoms with Crippen LogP contribution in [0.3, 0.4) is 0 Å². The molecular weight excluding hydrogens is 223 g/mol. The third-order valence-corrected chi connectivity index (χ3v) is 4.12. The molecule has 2 aromatic rings. The van der Waals surface area contributed by atoms with Crippen molar-refractivity contribution in [1.82, 2.24) is 10.3 Å². The van der Waals surface area contributed by atoms with Crippen LogP contribution < -0.4 is 5.32 Å². The number of piperidine rings is 1. The molecule has 1 atom stereocenters. The van der Waals surface area contributed by atoms with Crippen molar-refractivity contribution < 1.29 is 4.39 Å². The molecule has 84 valence electrons.